The van der Waals surface area contributed by atoms with E-state index in [1.54, 1.807) is 6.08 Å². The fraction of sp³-hybridized carbons (Fsp3) is 0.100. The van der Waals surface area contributed by atoms with Gasteiger partial charge in [0, 0.05) is 0 Å². The SMILES string of the molecule is C=CC(NC(=N)NN)c1ccccc1. The first kappa shape index (κ1) is 10.3. The number of hydrogen-bond donors (Lipinski definition) is 4. The van der Waals surface area contributed by atoms with Crippen LogP contribution < -0.4 is 16.6 Å². The van der Waals surface area contributed by atoms with Crippen molar-refractivity contribution in [3.05, 3.63) is 48.6 Å². The molecule has 0 amide bonds. The summed E-state index contributed by atoms with van der Waals surface area (Å²) in [5.74, 6) is 5.15. The van der Waals surface area contributed by atoms with Crippen molar-refractivity contribution in [2.45, 2.75) is 6.04 Å². The summed E-state index contributed by atoms with van der Waals surface area (Å²) in [7, 11) is 0. The zero-order valence-electron chi connectivity index (χ0n) is 7.83. The molecule has 1 aromatic carbocycles. The first-order valence-corrected chi connectivity index (χ1v) is 4.27. The summed E-state index contributed by atoms with van der Waals surface area (Å²) in [6.07, 6.45) is 1.72. The van der Waals surface area contributed by atoms with E-state index >= 15 is 0 Å². The minimum absolute atomic E-state index is 0.0683. The fourth-order valence-corrected chi connectivity index (χ4v) is 1.14. The van der Waals surface area contributed by atoms with Gasteiger partial charge in [0.1, 0.15) is 0 Å². The van der Waals surface area contributed by atoms with Crippen LogP contribution >= 0.6 is 0 Å². The quantitative estimate of drug-likeness (QED) is 0.188. The monoisotopic (exact) mass is 190 g/mol. The summed E-state index contributed by atoms with van der Waals surface area (Å²) in [5.41, 5.74) is 3.27. The molecule has 4 nitrogen and oxygen atoms in total. The smallest absolute Gasteiger partial charge is 0.203 e. The highest BCUT2D eigenvalue weighted by Crippen LogP contribution is 2.12. The maximum atomic E-state index is 7.33. The second-order valence-electron chi connectivity index (χ2n) is 2.79. The van der Waals surface area contributed by atoms with Gasteiger partial charge in [-0.05, 0) is 5.56 Å². The highest BCUT2D eigenvalue weighted by atomic mass is 15.3. The Balaban J connectivity index is 2.73. The topological polar surface area (TPSA) is 73.9 Å². The Bertz CT molecular complexity index is 307. The molecular formula is C10H14N4. The molecule has 0 heterocycles. The van der Waals surface area contributed by atoms with Crippen LogP contribution in [0.5, 0.6) is 0 Å². The van der Waals surface area contributed by atoms with Gasteiger partial charge in [-0.15, -0.1) is 6.58 Å². The summed E-state index contributed by atoms with van der Waals surface area (Å²) in [6.45, 7) is 3.70. The lowest BCUT2D eigenvalue weighted by atomic mass is 10.1. The summed E-state index contributed by atoms with van der Waals surface area (Å²) < 4.78 is 0. The van der Waals surface area contributed by atoms with Crippen molar-refractivity contribution in [1.82, 2.24) is 10.7 Å². The number of nitrogens with two attached hydrogens (primary N) is 1. The van der Waals surface area contributed by atoms with Gasteiger partial charge in [-0.2, -0.15) is 0 Å². The molecule has 0 saturated carbocycles. The Morgan fingerprint density at radius 2 is 2.07 bits per heavy atom. The van der Waals surface area contributed by atoms with E-state index in [4.69, 9.17) is 11.3 Å². The highest BCUT2D eigenvalue weighted by molar-refractivity contribution is 5.76. The van der Waals surface area contributed by atoms with Crippen LogP contribution in [0.4, 0.5) is 0 Å². The molecule has 0 aromatic heterocycles. The standard InChI is InChI=1S/C10H14N4/c1-2-9(13-10(11)14-12)8-6-4-3-5-7-8/h2-7,9H,1,12H2,(H3,11,13,14). The van der Waals surface area contributed by atoms with Gasteiger partial charge in [0.05, 0.1) is 6.04 Å². The molecule has 1 aromatic rings. The van der Waals surface area contributed by atoms with E-state index in [1.165, 1.54) is 0 Å². The summed E-state index contributed by atoms with van der Waals surface area (Å²) in [5, 5.41) is 10.2. The molecule has 5 N–H and O–H groups in total. The molecule has 0 aliphatic rings. The first-order chi connectivity index (χ1) is 6.77. The zero-order valence-corrected chi connectivity index (χ0v) is 7.83. The Kier molecular flexibility index (Phi) is 3.69. The number of guanidine groups is 1. The van der Waals surface area contributed by atoms with Crippen LogP contribution in [0.1, 0.15) is 11.6 Å². The molecule has 0 saturated heterocycles. The molecule has 0 spiro atoms. The predicted octanol–water partition coefficient (Wildman–Crippen LogP) is 0.901. The van der Waals surface area contributed by atoms with E-state index in [9.17, 15) is 0 Å². The lowest BCUT2D eigenvalue weighted by Crippen LogP contribution is -2.41. The predicted molar refractivity (Wildman–Crippen MR) is 57.6 cm³/mol. The van der Waals surface area contributed by atoms with Gasteiger partial charge in [0.2, 0.25) is 5.96 Å². The Hall–Kier alpha value is -1.81. The van der Waals surface area contributed by atoms with Crippen molar-refractivity contribution < 1.29 is 0 Å². The maximum absolute atomic E-state index is 7.33. The summed E-state index contributed by atoms with van der Waals surface area (Å²) in [4.78, 5) is 0. The third-order valence-electron chi connectivity index (χ3n) is 1.84. The molecule has 0 aliphatic carbocycles. The molecule has 1 unspecified atom stereocenters. The van der Waals surface area contributed by atoms with Gasteiger partial charge in [-0.3, -0.25) is 10.8 Å². The van der Waals surface area contributed by atoms with E-state index in [-0.39, 0.29) is 12.0 Å². The second-order valence-corrected chi connectivity index (χ2v) is 2.79. The minimum Gasteiger partial charge on any atom is -0.345 e. The largest absolute Gasteiger partial charge is 0.345 e. The van der Waals surface area contributed by atoms with Crippen molar-refractivity contribution >= 4 is 5.96 Å². The van der Waals surface area contributed by atoms with E-state index < -0.39 is 0 Å². The van der Waals surface area contributed by atoms with Gasteiger partial charge in [0.25, 0.3) is 0 Å². The van der Waals surface area contributed by atoms with Crippen LogP contribution in [0.25, 0.3) is 0 Å². The van der Waals surface area contributed by atoms with Gasteiger partial charge in [0.15, 0.2) is 0 Å². The average Bonchev–Trinajstić information content (AvgIpc) is 2.26. The third kappa shape index (κ3) is 2.60. The van der Waals surface area contributed by atoms with Crippen LogP contribution in [-0.2, 0) is 0 Å². The Morgan fingerprint density at radius 3 is 2.57 bits per heavy atom. The van der Waals surface area contributed by atoms with Crippen molar-refractivity contribution in [3.63, 3.8) is 0 Å². The normalized spacial score (nSPS) is 11.5. The number of nitrogens with one attached hydrogen (secondary N) is 3. The van der Waals surface area contributed by atoms with Crippen molar-refractivity contribution in [1.29, 1.82) is 5.41 Å². The third-order valence-corrected chi connectivity index (χ3v) is 1.84. The van der Waals surface area contributed by atoms with Crippen molar-refractivity contribution in [2.24, 2.45) is 5.84 Å². The van der Waals surface area contributed by atoms with E-state index in [0.29, 0.717) is 0 Å². The summed E-state index contributed by atoms with van der Waals surface area (Å²) in [6, 6.07) is 9.64. The van der Waals surface area contributed by atoms with E-state index in [1.807, 2.05) is 30.3 Å². The number of hydrazine groups is 1. The fourth-order valence-electron chi connectivity index (χ4n) is 1.14. The molecule has 4 heteroatoms. The molecule has 14 heavy (non-hydrogen) atoms. The molecule has 0 bridgehead atoms. The molecule has 74 valence electrons. The molecule has 0 radical (unpaired) electrons. The lowest BCUT2D eigenvalue weighted by molar-refractivity contribution is 0.751. The minimum atomic E-state index is -0.0975. The lowest BCUT2D eigenvalue weighted by Gasteiger charge is -2.16. The van der Waals surface area contributed by atoms with E-state index in [2.05, 4.69) is 17.3 Å². The van der Waals surface area contributed by atoms with Crippen LogP contribution in [-0.4, -0.2) is 5.96 Å². The first-order valence-electron chi connectivity index (χ1n) is 4.27. The number of rotatable bonds is 3. The molecule has 1 atom stereocenters. The van der Waals surface area contributed by atoms with Crippen LogP contribution in [0.15, 0.2) is 43.0 Å². The number of hydrogen-bond acceptors (Lipinski definition) is 2. The van der Waals surface area contributed by atoms with Gasteiger partial charge in [-0.25, -0.2) is 5.84 Å². The second kappa shape index (κ2) is 5.04. The molecule has 0 aliphatic heterocycles. The Morgan fingerprint density at radius 1 is 1.43 bits per heavy atom. The van der Waals surface area contributed by atoms with Gasteiger partial charge >= 0.3 is 0 Å². The van der Waals surface area contributed by atoms with Crippen LogP contribution in [0, 0.1) is 5.41 Å². The average molecular weight is 190 g/mol. The van der Waals surface area contributed by atoms with Crippen LogP contribution in [0.3, 0.4) is 0 Å². The zero-order chi connectivity index (χ0) is 10.4. The highest BCUT2D eigenvalue weighted by Gasteiger charge is 2.06. The van der Waals surface area contributed by atoms with Crippen molar-refractivity contribution in [2.75, 3.05) is 0 Å². The Labute approximate surface area is 83.3 Å². The van der Waals surface area contributed by atoms with E-state index in [0.717, 1.165) is 5.56 Å². The molecule has 1 rings (SSSR count). The van der Waals surface area contributed by atoms with Crippen molar-refractivity contribution in [3.8, 4) is 0 Å². The maximum Gasteiger partial charge on any atom is 0.203 e. The van der Waals surface area contributed by atoms with Gasteiger partial charge in [-0.1, -0.05) is 36.4 Å². The molecule has 0 fully saturated rings. The summed E-state index contributed by atoms with van der Waals surface area (Å²) >= 11 is 0. The molecular weight excluding hydrogens is 176 g/mol. The number of benzene rings is 1. The van der Waals surface area contributed by atoms with Crippen LogP contribution in [0.2, 0.25) is 0 Å². The van der Waals surface area contributed by atoms with Gasteiger partial charge < -0.3 is 5.32 Å².